The van der Waals surface area contributed by atoms with Gasteiger partial charge in [0.25, 0.3) is 0 Å². The molecule has 1 aromatic carbocycles. The van der Waals surface area contributed by atoms with Crippen molar-refractivity contribution in [1.29, 1.82) is 0 Å². The first-order valence-corrected chi connectivity index (χ1v) is 6.45. The highest BCUT2D eigenvalue weighted by molar-refractivity contribution is 7.99. The molecule has 3 nitrogen and oxygen atoms in total. The zero-order valence-corrected chi connectivity index (χ0v) is 11.0. The van der Waals surface area contributed by atoms with E-state index in [1.54, 1.807) is 0 Å². The lowest BCUT2D eigenvalue weighted by molar-refractivity contribution is 0.795. The van der Waals surface area contributed by atoms with E-state index < -0.39 is 0 Å². The van der Waals surface area contributed by atoms with Crippen LogP contribution in [0.25, 0.3) is 11.4 Å². The van der Waals surface area contributed by atoms with E-state index in [9.17, 15) is 0 Å². The van der Waals surface area contributed by atoms with Crippen LogP contribution in [0, 0.1) is 0 Å². The van der Waals surface area contributed by atoms with Crippen LogP contribution in [0.3, 0.4) is 0 Å². The molecule has 17 heavy (non-hydrogen) atoms. The van der Waals surface area contributed by atoms with E-state index in [1.807, 2.05) is 41.9 Å². The maximum Gasteiger partial charge on any atom is 0.191 e. The minimum Gasteiger partial charge on any atom is -0.305 e. The lowest BCUT2D eigenvalue weighted by Crippen LogP contribution is -1.95. The van der Waals surface area contributed by atoms with Crippen LogP contribution in [0.2, 0.25) is 0 Å². The molecule has 0 saturated carbocycles. The first-order valence-electron chi connectivity index (χ1n) is 5.09. The number of nitrogens with zero attached hydrogens (tertiary/aromatic N) is 3. The summed E-state index contributed by atoms with van der Waals surface area (Å²) in [6.45, 7) is 3.65. The third-order valence-corrected chi connectivity index (χ3v) is 3.62. The van der Waals surface area contributed by atoms with Gasteiger partial charge in [-0.25, -0.2) is 0 Å². The minimum atomic E-state index is 0.610. The maximum absolute atomic E-state index is 5.73. The van der Waals surface area contributed by atoms with Gasteiger partial charge in [0.2, 0.25) is 0 Å². The Morgan fingerprint density at radius 1 is 1.35 bits per heavy atom. The van der Waals surface area contributed by atoms with Crippen LogP contribution in [0.4, 0.5) is 0 Å². The van der Waals surface area contributed by atoms with Crippen LogP contribution in [0.5, 0.6) is 0 Å². The van der Waals surface area contributed by atoms with Crippen LogP contribution in [-0.2, 0) is 7.05 Å². The summed E-state index contributed by atoms with van der Waals surface area (Å²) in [6.07, 6.45) is 0. The second-order valence-electron chi connectivity index (χ2n) is 3.54. The third-order valence-electron chi connectivity index (χ3n) is 2.22. The van der Waals surface area contributed by atoms with E-state index in [-0.39, 0.29) is 0 Å². The summed E-state index contributed by atoms with van der Waals surface area (Å²) in [5.41, 5.74) is 1.05. The number of halogens is 1. The predicted octanol–water partition coefficient (Wildman–Crippen LogP) is 3.33. The minimum absolute atomic E-state index is 0.610. The molecule has 0 aliphatic heterocycles. The Morgan fingerprint density at radius 3 is 2.71 bits per heavy atom. The molecule has 1 aromatic heterocycles. The summed E-state index contributed by atoms with van der Waals surface area (Å²) in [7, 11) is 1.95. The third kappa shape index (κ3) is 2.90. The second kappa shape index (κ2) is 5.38. The average molecular weight is 266 g/mol. The molecule has 2 aromatic rings. The zero-order valence-electron chi connectivity index (χ0n) is 9.43. The summed E-state index contributed by atoms with van der Waals surface area (Å²) < 4.78 is 1.96. The van der Waals surface area contributed by atoms with Crippen molar-refractivity contribution in [1.82, 2.24) is 14.8 Å². The van der Waals surface area contributed by atoms with E-state index in [0.717, 1.165) is 16.5 Å². The molecule has 0 aliphatic rings. The molecule has 0 atom stereocenters. The zero-order chi connectivity index (χ0) is 12.3. The van der Waals surface area contributed by atoms with Crippen molar-refractivity contribution >= 4 is 23.4 Å². The van der Waals surface area contributed by atoms with Gasteiger partial charge in [0.05, 0.1) is 0 Å². The molecule has 0 N–H and O–H groups in total. The summed E-state index contributed by atoms with van der Waals surface area (Å²) in [5.74, 6) is 1.50. The van der Waals surface area contributed by atoms with Crippen molar-refractivity contribution < 1.29 is 0 Å². The molecule has 0 amide bonds. The van der Waals surface area contributed by atoms with Crippen LogP contribution in [0.1, 0.15) is 0 Å². The molecule has 2 rings (SSSR count). The molecule has 0 saturated heterocycles. The van der Waals surface area contributed by atoms with Crippen molar-refractivity contribution in [3.05, 3.63) is 41.9 Å². The van der Waals surface area contributed by atoms with Crippen LogP contribution in [-0.4, -0.2) is 20.5 Å². The maximum atomic E-state index is 5.73. The number of hydrogen-bond donors (Lipinski definition) is 0. The Hall–Kier alpha value is -1.26. The Bertz CT molecular complexity index is 522. The molecule has 0 fully saturated rings. The summed E-state index contributed by atoms with van der Waals surface area (Å²) in [5, 5.41) is 9.77. The number of thioether (sulfide) groups is 1. The molecular formula is C12H12ClN3S. The summed E-state index contributed by atoms with van der Waals surface area (Å²) in [6, 6.07) is 9.97. The van der Waals surface area contributed by atoms with Gasteiger partial charge in [-0.3, -0.25) is 0 Å². The normalized spacial score (nSPS) is 10.5. The van der Waals surface area contributed by atoms with Crippen molar-refractivity contribution in [2.24, 2.45) is 7.05 Å². The quantitative estimate of drug-likeness (QED) is 0.795. The van der Waals surface area contributed by atoms with Crippen LogP contribution >= 0.6 is 23.4 Å². The number of aromatic nitrogens is 3. The SMILES string of the molecule is C=C(Cl)CSc1nnc(-c2ccccc2)n1C. The Morgan fingerprint density at radius 2 is 2.06 bits per heavy atom. The summed E-state index contributed by atoms with van der Waals surface area (Å²) in [4.78, 5) is 0. The van der Waals surface area contributed by atoms with E-state index in [1.165, 1.54) is 11.8 Å². The molecule has 0 aliphatic carbocycles. The van der Waals surface area contributed by atoms with Crippen molar-refractivity contribution in [2.75, 3.05) is 5.75 Å². The standard InChI is InChI=1S/C12H12ClN3S/c1-9(13)8-17-12-15-14-11(16(12)2)10-6-4-3-5-7-10/h3-7H,1,8H2,2H3. The molecule has 0 radical (unpaired) electrons. The van der Waals surface area contributed by atoms with E-state index in [2.05, 4.69) is 16.8 Å². The molecule has 0 unspecified atom stereocenters. The fourth-order valence-electron chi connectivity index (χ4n) is 1.42. The Kier molecular flexibility index (Phi) is 3.86. The Labute approximate surface area is 110 Å². The fraction of sp³-hybridized carbons (Fsp3) is 0.167. The van der Waals surface area contributed by atoms with Gasteiger partial charge in [0.1, 0.15) is 0 Å². The lowest BCUT2D eigenvalue weighted by Gasteiger charge is -2.02. The molecule has 88 valence electrons. The number of rotatable bonds is 4. The van der Waals surface area contributed by atoms with Gasteiger partial charge >= 0.3 is 0 Å². The average Bonchev–Trinajstić information content (AvgIpc) is 2.69. The highest BCUT2D eigenvalue weighted by atomic mass is 35.5. The smallest absolute Gasteiger partial charge is 0.191 e. The van der Waals surface area contributed by atoms with E-state index in [0.29, 0.717) is 10.8 Å². The van der Waals surface area contributed by atoms with Gasteiger partial charge < -0.3 is 4.57 Å². The van der Waals surface area contributed by atoms with Crippen molar-refractivity contribution in [3.8, 4) is 11.4 Å². The molecule has 5 heteroatoms. The van der Waals surface area contributed by atoms with Crippen molar-refractivity contribution in [2.45, 2.75) is 5.16 Å². The molecule has 1 heterocycles. The van der Waals surface area contributed by atoms with Gasteiger partial charge in [0.15, 0.2) is 11.0 Å². The molecule has 0 spiro atoms. The largest absolute Gasteiger partial charge is 0.305 e. The first-order chi connectivity index (χ1) is 8.18. The monoisotopic (exact) mass is 265 g/mol. The van der Waals surface area contributed by atoms with E-state index in [4.69, 9.17) is 11.6 Å². The second-order valence-corrected chi connectivity index (χ2v) is 5.01. The van der Waals surface area contributed by atoms with Crippen LogP contribution in [0.15, 0.2) is 47.1 Å². The number of hydrogen-bond acceptors (Lipinski definition) is 3. The fourth-order valence-corrected chi connectivity index (χ4v) is 2.25. The molecular weight excluding hydrogens is 254 g/mol. The lowest BCUT2D eigenvalue weighted by atomic mass is 10.2. The van der Waals surface area contributed by atoms with Crippen molar-refractivity contribution in [3.63, 3.8) is 0 Å². The highest BCUT2D eigenvalue weighted by Gasteiger charge is 2.10. The summed E-state index contributed by atoms with van der Waals surface area (Å²) >= 11 is 7.26. The van der Waals surface area contributed by atoms with Gasteiger partial charge in [0, 0.05) is 23.4 Å². The van der Waals surface area contributed by atoms with Gasteiger partial charge in [-0.1, -0.05) is 60.3 Å². The first kappa shape index (κ1) is 12.2. The van der Waals surface area contributed by atoms with Gasteiger partial charge in [-0.2, -0.15) is 0 Å². The highest BCUT2D eigenvalue weighted by Crippen LogP contribution is 2.23. The topological polar surface area (TPSA) is 30.7 Å². The number of benzene rings is 1. The van der Waals surface area contributed by atoms with Crippen LogP contribution < -0.4 is 0 Å². The van der Waals surface area contributed by atoms with Gasteiger partial charge in [-0.05, 0) is 0 Å². The molecule has 0 bridgehead atoms. The Balaban J connectivity index is 2.24. The predicted molar refractivity (Wildman–Crippen MR) is 72.2 cm³/mol. The van der Waals surface area contributed by atoms with Gasteiger partial charge in [-0.15, -0.1) is 10.2 Å². The van der Waals surface area contributed by atoms with E-state index >= 15 is 0 Å².